The van der Waals surface area contributed by atoms with Gasteiger partial charge in [0.1, 0.15) is 5.75 Å². The second-order valence-electron chi connectivity index (χ2n) is 9.28. The van der Waals surface area contributed by atoms with Crippen molar-refractivity contribution in [2.75, 3.05) is 18.1 Å². The van der Waals surface area contributed by atoms with Gasteiger partial charge >= 0.3 is 5.69 Å². The Bertz CT molecular complexity index is 1650. The van der Waals surface area contributed by atoms with Crippen molar-refractivity contribution in [3.8, 4) is 22.6 Å². The fraction of sp³-hybridized carbons (Fsp3) is 0.240. The van der Waals surface area contributed by atoms with Crippen LogP contribution in [0, 0.1) is 0 Å². The van der Waals surface area contributed by atoms with Gasteiger partial charge in [0.2, 0.25) is 10.0 Å². The predicted molar refractivity (Wildman–Crippen MR) is 137 cm³/mol. The number of anilines is 1. The molecule has 2 heterocycles. The van der Waals surface area contributed by atoms with Crippen LogP contribution in [0.4, 0.5) is 5.69 Å². The van der Waals surface area contributed by atoms with Crippen LogP contribution in [0.25, 0.3) is 27.7 Å². The molecule has 2 aromatic heterocycles. The fourth-order valence-corrected chi connectivity index (χ4v) is 4.49. The molecule has 4 aromatic rings. The number of hydrogen-bond acceptors (Lipinski definition) is 6. The quantitative estimate of drug-likeness (QED) is 0.438. The Hall–Kier alpha value is -3.92. The standard InChI is InChI=1S/C25H26N4O5S/c1-25(2,3)19-13-20(29-11-10-21(30)27-24(29)31)22-18(23(19)34-4)12-16(14-26-22)15-6-8-17(9-7-15)28-35(5,32)33/h6-14,28H,1-5H3,(H,27,30,31). The van der Waals surface area contributed by atoms with Gasteiger partial charge in [-0.3, -0.25) is 24.1 Å². The molecule has 0 aliphatic carbocycles. The number of ether oxygens (including phenoxy) is 1. The number of H-pyrrole nitrogens is 1. The number of benzene rings is 2. The monoisotopic (exact) mass is 494 g/mol. The number of methoxy groups -OCH3 is 1. The van der Waals surface area contributed by atoms with Gasteiger partial charge in [-0.2, -0.15) is 0 Å². The molecule has 35 heavy (non-hydrogen) atoms. The van der Waals surface area contributed by atoms with E-state index in [9.17, 15) is 18.0 Å². The second-order valence-corrected chi connectivity index (χ2v) is 11.0. The fourth-order valence-electron chi connectivity index (χ4n) is 3.93. The highest BCUT2D eigenvalue weighted by Crippen LogP contribution is 2.40. The van der Waals surface area contributed by atoms with Crippen molar-refractivity contribution in [3.05, 3.63) is 81.3 Å². The molecule has 10 heteroatoms. The molecule has 182 valence electrons. The van der Waals surface area contributed by atoms with E-state index in [2.05, 4.69) is 14.7 Å². The first kappa shape index (κ1) is 24.2. The zero-order valence-electron chi connectivity index (χ0n) is 20.0. The van der Waals surface area contributed by atoms with Crippen LogP contribution in [0.5, 0.6) is 5.75 Å². The summed E-state index contributed by atoms with van der Waals surface area (Å²) in [5, 5.41) is 0.698. The number of fused-ring (bicyclic) bond motifs is 1. The highest BCUT2D eigenvalue weighted by atomic mass is 32.2. The summed E-state index contributed by atoms with van der Waals surface area (Å²) in [6.07, 6.45) is 4.20. The molecule has 0 aliphatic heterocycles. The lowest BCUT2D eigenvalue weighted by Gasteiger charge is -2.25. The molecule has 2 N–H and O–H groups in total. The maximum absolute atomic E-state index is 12.6. The summed E-state index contributed by atoms with van der Waals surface area (Å²) in [4.78, 5) is 31.2. The average Bonchev–Trinajstić information content (AvgIpc) is 2.76. The molecule has 0 bridgehead atoms. The Morgan fingerprint density at radius 1 is 1.03 bits per heavy atom. The summed E-state index contributed by atoms with van der Waals surface area (Å²) in [5.74, 6) is 0.637. The van der Waals surface area contributed by atoms with E-state index in [4.69, 9.17) is 4.74 Å². The van der Waals surface area contributed by atoms with E-state index in [0.717, 1.165) is 22.9 Å². The molecule has 0 spiro atoms. The van der Waals surface area contributed by atoms with Gasteiger partial charge in [0.05, 0.1) is 24.6 Å². The Morgan fingerprint density at radius 3 is 2.29 bits per heavy atom. The van der Waals surface area contributed by atoms with Crippen LogP contribution >= 0.6 is 0 Å². The minimum atomic E-state index is -3.38. The van der Waals surface area contributed by atoms with E-state index in [0.29, 0.717) is 28.0 Å². The van der Waals surface area contributed by atoms with Crippen LogP contribution in [0.2, 0.25) is 0 Å². The summed E-state index contributed by atoms with van der Waals surface area (Å²) in [5.41, 5.74) is 2.61. The van der Waals surface area contributed by atoms with Gasteiger partial charge in [0, 0.05) is 40.7 Å². The third-order valence-electron chi connectivity index (χ3n) is 5.52. The minimum absolute atomic E-state index is 0.324. The normalized spacial score (nSPS) is 12.0. The summed E-state index contributed by atoms with van der Waals surface area (Å²) >= 11 is 0. The van der Waals surface area contributed by atoms with Crippen molar-refractivity contribution in [1.82, 2.24) is 14.5 Å². The summed E-state index contributed by atoms with van der Waals surface area (Å²) in [6.45, 7) is 6.13. The van der Waals surface area contributed by atoms with Crippen molar-refractivity contribution in [2.24, 2.45) is 0 Å². The Balaban J connectivity index is 1.97. The Kier molecular flexibility index (Phi) is 6.02. The largest absolute Gasteiger partial charge is 0.496 e. The van der Waals surface area contributed by atoms with E-state index in [-0.39, 0.29) is 5.41 Å². The summed E-state index contributed by atoms with van der Waals surface area (Å²) in [7, 11) is -1.79. The van der Waals surface area contributed by atoms with Crippen LogP contribution in [-0.4, -0.2) is 36.3 Å². The van der Waals surface area contributed by atoms with Gasteiger partial charge in [-0.05, 0) is 35.2 Å². The highest BCUT2D eigenvalue weighted by molar-refractivity contribution is 7.92. The van der Waals surface area contributed by atoms with Gasteiger partial charge in [0.15, 0.2) is 0 Å². The zero-order chi connectivity index (χ0) is 25.5. The van der Waals surface area contributed by atoms with Gasteiger partial charge in [-0.1, -0.05) is 32.9 Å². The van der Waals surface area contributed by atoms with E-state index >= 15 is 0 Å². The van der Waals surface area contributed by atoms with Crippen LogP contribution in [0.1, 0.15) is 26.3 Å². The highest BCUT2D eigenvalue weighted by Gasteiger charge is 2.24. The number of aromatic nitrogens is 3. The summed E-state index contributed by atoms with van der Waals surface area (Å²) < 4.78 is 32.6. The van der Waals surface area contributed by atoms with Crippen molar-refractivity contribution >= 4 is 26.6 Å². The second kappa shape index (κ2) is 8.70. The smallest absolute Gasteiger partial charge is 0.332 e. The topological polar surface area (TPSA) is 123 Å². The zero-order valence-corrected chi connectivity index (χ0v) is 20.9. The van der Waals surface area contributed by atoms with Crippen molar-refractivity contribution < 1.29 is 13.2 Å². The number of sulfonamides is 1. The molecule has 9 nitrogen and oxygen atoms in total. The molecule has 0 fully saturated rings. The van der Waals surface area contributed by atoms with Crippen molar-refractivity contribution in [3.63, 3.8) is 0 Å². The van der Waals surface area contributed by atoms with Gasteiger partial charge in [0.25, 0.3) is 5.56 Å². The molecule has 4 rings (SSSR count). The third-order valence-corrected chi connectivity index (χ3v) is 6.12. The van der Waals surface area contributed by atoms with E-state index in [1.54, 1.807) is 37.6 Å². The average molecular weight is 495 g/mol. The lowest BCUT2D eigenvalue weighted by Crippen LogP contribution is -2.28. The molecular weight excluding hydrogens is 468 g/mol. The van der Waals surface area contributed by atoms with Gasteiger partial charge < -0.3 is 4.74 Å². The third kappa shape index (κ3) is 4.97. The number of hydrogen-bond donors (Lipinski definition) is 2. The van der Waals surface area contributed by atoms with Crippen LogP contribution < -0.4 is 20.7 Å². The lowest BCUT2D eigenvalue weighted by molar-refractivity contribution is 0.402. The first-order valence-electron chi connectivity index (χ1n) is 10.8. The van der Waals surface area contributed by atoms with Crippen LogP contribution in [0.3, 0.4) is 0 Å². The van der Waals surface area contributed by atoms with E-state index < -0.39 is 21.3 Å². The Labute approximate surface area is 202 Å². The van der Waals surface area contributed by atoms with E-state index in [1.165, 1.54) is 16.8 Å². The number of nitrogens with zero attached hydrogens (tertiary/aromatic N) is 2. The van der Waals surface area contributed by atoms with Crippen LogP contribution in [0.15, 0.2) is 64.4 Å². The van der Waals surface area contributed by atoms with E-state index in [1.807, 2.05) is 32.9 Å². The Morgan fingerprint density at radius 2 is 1.71 bits per heavy atom. The van der Waals surface area contributed by atoms with Gasteiger partial charge in [-0.15, -0.1) is 0 Å². The lowest BCUT2D eigenvalue weighted by atomic mass is 9.84. The SMILES string of the molecule is COc1c(C(C)(C)C)cc(-n2ccc(=O)[nH]c2=O)c2ncc(-c3ccc(NS(C)(=O)=O)cc3)cc12. The number of pyridine rings is 1. The maximum Gasteiger partial charge on any atom is 0.332 e. The molecular formula is C25H26N4O5S. The van der Waals surface area contributed by atoms with Crippen molar-refractivity contribution in [2.45, 2.75) is 26.2 Å². The molecule has 2 aromatic carbocycles. The first-order valence-corrected chi connectivity index (χ1v) is 12.7. The molecule has 0 amide bonds. The molecule has 0 atom stereocenters. The molecule has 0 saturated heterocycles. The summed E-state index contributed by atoms with van der Waals surface area (Å²) in [6, 6.07) is 12.0. The van der Waals surface area contributed by atoms with Crippen molar-refractivity contribution in [1.29, 1.82) is 0 Å². The number of nitrogens with one attached hydrogen (secondary N) is 2. The number of aromatic amines is 1. The molecule has 0 saturated carbocycles. The predicted octanol–water partition coefficient (Wildman–Crippen LogP) is 3.42. The minimum Gasteiger partial charge on any atom is -0.496 e. The molecule has 0 unspecified atom stereocenters. The maximum atomic E-state index is 12.6. The molecule has 0 aliphatic rings. The van der Waals surface area contributed by atoms with Gasteiger partial charge in [-0.25, -0.2) is 13.2 Å². The first-order chi connectivity index (χ1) is 16.4. The number of rotatable bonds is 5. The molecule has 0 radical (unpaired) electrons. The van der Waals surface area contributed by atoms with Crippen LogP contribution in [-0.2, 0) is 15.4 Å².